The Balaban J connectivity index is 1.37. The van der Waals surface area contributed by atoms with Gasteiger partial charge in [-0.2, -0.15) is 0 Å². The molecule has 234 valence electrons. The Kier molecular flexibility index (Phi) is 7.63. The van der Waals surface area contributed by atoms with Gasteiger partial charge in [0.2, 0.25) is 11.8 Å². The molecule has 6 rings (SSSR count). The lowest BCUT2D eigenvalue weighted by Gasteiger charge is -2.33. The minimum atomic E-state index is -3.06. The number of β-lactam (4-membered cyclic amide) rings is 1. The Hall–Kier alpha value is -3.65. The first-order valence-electron chi connectivity index (χ1n) is 15.2. The molecule has 3 fully saturated rings. The number of aliphatic hydroxyl groups excluding tert-OH is 1. The summed E-state index contributed by atoms with van der Waals surface area (Å²) in [6, 6.07) is 11.4. The number of likely N-dealkylation sites (tertiary alicyclic amines) is 1. The monoisotopic (exact) mass is 622 g/mol. The first-order chi connectivity index (χ1) is 20.9. The van der Waals surface area contributed by atoms with E-state index in [-0.39, 0.29) is 43.1 Å². The molecule has 4 aliphatic rings. The maximum Gasteiger partial charge on any atom is 0.269 e. The van der Waals surface area contributed by atoms with Crippen LogP contribution in [0, 0.1) is 16.0 Å². The molecule has 3 saturated heterocycles. The van der Waals surface area contributed by atoms with Gasteiger partial charge in [0, 0.05) is 54.4 Å². The first kappa shape index (κ1) is 30.4. The number of hydrogen-bond acceptors (Lipinski definition) is 8. The third-order valence-electron chi connectivity index (χ3n) is 9.90. The second kappa shape index (κ2) is 11.1. The minimum Gasteiger partial charge on any atom is -0.432 e. The van der Waals surface area contributed by atoms with Gasteiger partial charge in [-0.1, -0.05) is 19.1 Å². The molecule has 0 aromatic heterocycles. The second-order valence-electron chi connectivity index (χ2n) is 12.9. The van der Waals surface area contributed by atoms with Gasteiger partial charge in [-0.3, -0.25) is 24.5 Å². The van der Waals surface area contributed by atoms with Crippen molar-refractivity contribution < 1.29 is 33.9 Å². The van der Waals surface area contributed by atoms with E-state index < -0.39 is 42.3 Å². The van der Waals surface area contributed by atoms with E-state index in [0.717, 1.165) is 17.7 Å². The highest BCUT2D eigenvalue weighted by atomic mass is 28.4. The van der Waals surface area contributed by atoms with Crippen LogP contribution in [0.4, 0.5) is 17.1 Å². The lowest BCUT2D eigenvalue weighted by atomic mass is 9.82. The molecule has 0 radical (unpaired) electrons. The third-order valence-corrected chi connectivity index (χ3v) is 12.4. The van der Waals surface area contributed by atoms with Crippen molar-refractivity contribution in [3.63, 3.8) is 0 Å². The first-order valence-corrected chi connectivity index (χ1v) is 18.2. The summed E-state index contributed by atoms with van der Waals surface area (Å²) in [5, 5.41) is 21.6. The van der Waals surface area contributed by atoms with E-state index in [2.05, 4.69) is 0 Å². The van der Waals surface area contributed by atoms with Crippen LogP contribution in [0.1, 0.15) is 43.7 Å². The zero-order valence-corrected chi connectivity index (χ0v) is 26.1. The van der Waals surface area contributed by atoms with Gasteiger partial charge >= 0.3 is 0 Å². The fourth-order valence-electron chi connectivity index (χ4n) is 7.73. The number of nitrogens with zero attached hydrogens (tertiary/aromatic N) is 4. The van der Waals surface area contributed by atoms with E-state index in [1.807, 2.05) is 31.2 Å². The topological polar surface area (TPSA) is 154 Å². The summed E-state index contributed by atoms with van der Waals surface area (Å²) in [4.78, 5) is 67.7. The number of aliphatic hydroxyl groups is 1. The number of rotatable bonds is 8. The Labute approximate surface area is 256 Å². The Morgan fingerprint density at radius 2 is 1.89 bits per heavy atom. The summed E-state index contributed by atoms with van der Waals surface area (Å²) in [5.41, 5.74) is 0.0888. The number of anilines is 2. The minimum absolute atomic E-state index is 0.0619. The van der Waals surface area contributed by atoms with Crippen molar-refractivity contribution >= 4 is 43.1 Å². The number of nitro groups is 1. The van der Waals surface area contributed by atoms with E-state index in [9.17, 15) is 34.4 Å². The number of carbonyl (C=O) groups is 3. The van der Waals surface area contributed by atoms with Crippen molar-refractivity contribution in [2.24, 2.45) is 5.92 Å². The summed E-state index contributed by atoms with van der Waals surface area (Å²) in [7, 11) is -3.06. The fourth-order valence-corrected chi connectivity index (χ4v) is 10.3. The highest BCUT2D eigenvalue weighted by Crippen LogP contribution is 2.60. The van der Waals surface area contributed by atoms with Gasteiger partial charge in [-0.05, 0) is 49.7 Å². The molecule has 0 bridgehead atoms. The van der Waals surface area contributed by atoms with Gasteiger partial charge in [-0.15, -0.1) is 0 Å². The molecule has 2 aromatic rings. The van der Waals surface area contributed by atoms with E-state index in [4.69, 9.17) is 4.74 Å². The predicted octanol–water partition coefficient (Wildman–Crippen LogP) is 3.05. The number of hydrogen-bond donors (Lipinski definition) is 2. The van der Waals surface area contributed by atoms with E-state index in [0.29, 0.717) is 37.2 Å². The quantitative estimate of drug-likeness (QED) is 0.197. The van der Waals surface area contributed by atoms with E-state index >= 15 is 0 Å². The molecule has 44 heavy (non-hydrogen) atoms. The van der Waals surface area contributed by atoms with Crippen molar-refractivity contribution in [1.82, 2.24) is 4.90 Å². The lowest BCUT2D eigenvalue weighted by Crippen LogP contribution is -2.46. The maximum atomic E-state index is 14.6. The highest BCUT2D eigenvalue weighted by molar-refractivity contribution is 6.71. The van der Waals surface area contributed by atoms with Gasteiger partial charge < -0.3 is 29.3 Å². The summed E-state index contributed by atoms with van der Waals surface area (Å²) in [5.74, 6) is -1.12. The number of nitro benzene ring substituents is 1. The van der Waals surface area contributed by atoms with Crippen LogP contribution in [0.25, 0.3) is 0 Å². The fraction of sp³-hybridized carbons (Fsp3) is 0.516. The molecule has 2 aromatic carbocycles. The molecule has 12 nitrogen and oxygen atoms in total. The normalized spacial score (nSPS) is 28.2. The van der Waals surface area contributed by atoms with Crippen molar-refractivity contribution in [3.8, 4) is 0 Å². The van der Waals surface area contributed by atoms with Gasteiger partial charge in [-0.25, -0.2) is 0 Å². The molecule has 0 saturated carbocycles. The molecule has 3 amide bonds. The predicted molar refractivity (Wildman–Crippen MR) is 163 cm³/mol. The average molecular weight is 623 g/mol. The molecular formula is C31H38N4O8Si. The molecule has 2 N–H and O–H groups in total. The Morgan fingerprint density at radius 3 is 2.48 bits per heavy atom. The van der Waals surface area contributed by atoms with Crippen LogP contribution in [0.2, 0.25) is 18.6 Å². The van der Waals surface area contributed by atoms with Gasteiger partial charge in [0.05, 0.1) is 42.3 Å². The van der Waals surface area contributed by atoms with Gasteiger partial charge in [0.25, 0.3) is 11.6 Å². The van der Waals surface area contributed by atoms with Crippen LogP contribution < -0.4 is 9.80 Å². The smallest absolute Gasteiger partial charge is 0.269 e. The highest BCUT2D eigenvalue weighted by Gasteiger charge is 2.66. The lowest BCUT2D eigenvalue weighted by molar-refractivity contribution is -0.385. The molecule has 4 heterocycles. The average Bonchev–Trinajstić information content (AvgIpc) is 3.63. The van der Waals surface area contributed by atoms with Crippen molar-refractivity contribution in [3.05, 3.63) is 63.7 Å². The van der Waals surface area contributed by atoms with Crippen molar-refractivity contribution in [2.75, 3.05) is 29.5 Å². The Bertz CT molecular complexity index is 1510. The molecular weight excluding hydrogens is 584 g/mol. The van der Waals surface area contributed by atoms with E-state index in [1.54, 1.807) is 33.9 Å². The number of amides is 3. The summed E-state index contributed by atoms with van der Waals surface area (Å²) < 4.78 is 6.69. The number of ether oxygens (including phenoxy) is 1. The zero-order valence-electron chi connectivity index (χ0n) is 25.1. The Morgan fingerprint density at radius 1 is 1.16 bits per heavy atom. The largest absolute Gasteiger partial charge is 0.432 e. The van der Waals surface area contributed by atoms with Gasteiger partial charge in [0.15, 0.2) is 13.9 Å². The van der Waals surface area contributed by atoms with Crippen molar-refractivity contribution in [1.29, 1.82) is 0 Å². The number of non-ortho nitro benzene ring substituents is 1. The van der Waals surface area contributed by atoms with Crippen LogP contribution in [0.3, 0.4) is 0 Å². The van der Waals surface area contributed by atoms with E-state index in [1.165, 1.54) is 12.1 Å². The molecule has 5 atom stereocenters. The maximum absolute atomic E-state index is 14.6. The van der Waals surface area contributed by atoms with Crippen LogP contribution in [0.15, 0.2) is 42.5 Å². The van der Waals surface area contributed by atoms with Crippen LogP contribution in [-0.2, 0) is 31.3 Å². The summed E-state index contributed by atoms with van der Waals surface area (Å²) in [6.07, 6.45) is 1.14. The number of carbonyl (C=O) groups excluding carboxylic acids is 3. The van der Waals surface area contributed by atoms with Crippen LogP contribution in [-0.4, -0.2) is 77.6 Å². The van der Waals surface area contributed by atoms with Crippen LogP contribution in [0.5, 0.6) is 0 Å². The standard InChI is InChI=1S/C31H38N4O8Si/c1-19-29(44(2,3)42)26(16-28(38)32-13-4-5-23(32)18-36)43-31(19)24-15-22(35(40)41)10-11-25(24)34(30(31)39)17-20-6-8-21(9-7-20)33-14-12-27(33)37/h6-11,15,19,23,26,29,36,42H,4-5,12-14,16-18H2,1-3H3/t19-,23-,26+,29-,31+/m0/s1. The van der Waals surface area contributed by atoms with Crippen LogP contribution >= 0.6 is 0 Å². The molecule has 4 aliphatic heterocycles. The second-order valence-corrected chi connectivity index (χ2v) is 16.9. The third kappa shape index (κ3) is 4.82. The van der Waals surface area contributed by atoms with Gasteiger partial charge in [0.1, 0.15) is 0 Å². The zero-order chi connectivity index (χ0) is 31.6. The SMILES string of the molecule is C[C@H]1[C@H]([Si](C)(C)O)[C@@H](CC(=O)N2CCC[C@H]2CO)O[C@]12C(=O)N(Cc1ccc(N3CCC3=O)cc1)c1ccc([N+](=O)[O-])cc12. The molecule has 13 heteroatoms. The molecule has 0 unspecified atom stereocenters. The summed E-state index contributed by atoms with van der Waals surface area (Å²) >= 11 is 0. The molecule has 0 aliphatic carbocycles. The van der Waals surface area contributed by atoms with Crippen molar-refractivity contribution in [2.45, 2.75) is 75.5 Å². The number of benzene rings is 2. The summed E-state index contributed by atoms with van der Waals surface area (Å²) in [6.45, 7) is 6.56. The molecule has 1 spiro atoms. The number of fused-ring (bicyclic) bond motifs is 2.